The summed E-state index contributed by atoms with van der Waals surface area (Å²) in [6, 6.07) is 0. The number of thioether (sulfide) groups is 1. The molecular formula is C9H18N2OS. The number of amides is 1. The number of nitrogens with one attached hydrogen (secondary N) is 1. The van der Waals surface area contributed by atoms with Crippen LogP contribution < -0.4 is 5.32 Å². The molecule has 76 valence electrons. The maximum absolute atomic E-state index is 11.8. The van der Waals surface area contributed by atoms with Gasteiger partial charge in [-0.2, -0.15) is 11.8 Å². The van der Waals surface area contributed by atoms with Gasteiger partial charge < -0.3 is 10.2 Å². The minimum absolute atomic E-state index is 0.165. The topological polar surface area (TPSA) is 32.3 Å². The van der Waals surface area contributed by atoms with E-state index < -0.39 is 0 Å². The number of carbonyl (C=O) groups excluding carboxylic acids is 1. The van der Waals surface area contributed by atoms with Crippen molar-refractivity contribution in [3.05, 3.63) is 0 Å². The molecular weight excluding hydrogens is 184 g/mol. The van der Waals surface area contributed by atoms with Gasteiger partial charge in [0.2, 0.25) is 5.91 Å². The first-order valence-electron chi connectivity index (χ1n) is 4.82. The van der Waals surface area contributed by atoms with Crippen LogP contribution in [-0.4, -0.2) is 48.5 Å². The monoisotopic (exact) mass is 202 g/mol. The molecule has 1 aliphatic heterocycles. The van der Waals surface area contributed by atoms with E-state index in [1.54, 1.807) is 11.8 Å². The summed E-state index contributed by atoms with van der Waals surface area (Å²) < 4.78 is 0. The van der Waals surface area contributed by atoms with Crippen LogP contribution in [0.4, 0.5) is 0 Å². The van der Waals surface area contributed by atoms with Gasteiger partial charge in [-0.25, -0.2) is 0 Å². The molecule has 0 aromatic carbocycles. The Morgan fingerprint density at radius 1 is 1.54 bits per heavy atom. The molecule has 0 bridgehead atoms. The molecule has 0 spiro atoms. The van der Waals surface area contributed by atoms with Crippen LogP contribution in [0.2, 0.25) is 0 Å². The van der Waals surface area contributed by atoms with E-state index in [1.807, 2.05) is 11.2 Å². The van der Waals surface area contributed by atoms with E-state index in [0.29, 0.717) is 5.91 Å². The summed E-state index contributed by atoms with van der Waals surface area (Å²) in [6.07, 6.45) is 2.94. The zero-order valence-corrected chi connectivity index (χ0v) is 9.19. The lowest BCUT2D eigenvalue weighted by Gasteiger charge is -2.30. The largest absolute Gasteiger partial charge is 0.339 e. The molecule has 1 amide bonds. The van der Waals surface area contributed by atoms with E-state index in [-0.39, 0.29) is 5.25 Å². The normalized spacial score (nSPS) is 20.0. The lowest BCUT2D eigenvalue weighted by atomic mass is 10.2. The van der Waals surface area contributed by atoms with Crippen LogP contribution >= 0.6 is 11.8 Å². The van der Waals surface area contributed by atoms with Gasteiger partial charge in [-0.05, 0) is 12.7 Å². The number of hydrogen-bond donors (Lipinski definition) is 1. The van der Waals surface area contributed by atoms with E-state index in [0.717, 1.165) is 32.6 Å². The van der Waals surface area contributed by atoms with E-state index in [9.17, 15) is 4.79 Å². The highest BCUT2D eigenvalue weighted by atomic mass is 32.2. The minimum atomic E-state index is 0.165. The third-order valence-electron chi connectivity index (χ3n) is 2.36. The SMILES string of the molecule is CCC(SC)C(=O)N1CCNCC1. The zero-order valence-electron chi connectivity index (χ0n) is 8.38. The van der Waals surface area contributed by atoms with E-state index in [4.69, 9.17) is 0 Å². The Labute approximate surface area is 84.2 Å². The summed E-state index contributed by atoms with van der Waals surface area (Å²) in [5.74, 6) is 0.316. The molecule has 1 rings (SSSR count). The number of piperazine rings is 1. The Balaban J connectivity index is 2.44. The zero-order chi connectivity index (χ0) is 9.68. The second kappa shape index (κ2) is 5.50. The van der Waals surface area contributed by atoms with E-state index in [1.165, 1.54) is 0 Å². The van der Waals surface area contributed by atoms with Gasteiger partial charge in [0.15, 0.2) is 0 Å². The molecule has 1 N–H and O–H groups in total. The van der Waals surface area contributed by atoms with Gasteiger partial charge in [0.25, 0.3) is 0 Å². The molecule has 0 aromatic rings. The molecule has 1 unspecified atom stereocenters. The van der Waals surface area contributed by atoms with Crippen molar-refractivity contribution in [2.75, 3.05) is 32.4 Å². The van der Waals surface area contributed by atoms with Crippen LogP contribution in [0.3, 0.4) is 0 Å². The molecule has 1 heterocycles. The van der Waals surface area contributed by atoms with Crippen LogP contribution in [0.5, 0.6) is 0 Å². The number of carbonyl (C=O) groups is 1. The van der Waals surface area contributed by atoms with Gasteiger partial charge >= 0.3 is 0 Å². The summed E-state index contributed by atoms with van der Waals surface area (Å²) in [6.45, 7) is 5.69. The predicted octanol–water partition coefficient (Wildman–Crippen LogP) is 0.560. The van der Waals surface area contributed by atoms with Gasteiger partial charge in [0.05, 0.1) is 5.25 Å². The molecule has 3 nitrogen and oxygen atoms in total. The predicted molar refractivity (Wildman–Crippen MR) is 57.0 cm³/mol. The molecule has 1 atom stereocenters. The van der Waals surface area contributed by atoms with Crippen molar-refractivity contribution in [3.63, 3.8) is 0 Å². The minimum Gasteiger partial charge on any atom is -0.339 e. The Morgan fingerprint density at radius 2 is 2.15 bits per heavy atom. The fraction of sp³-hybridized carbons (Fsp3) is 0.889. The van der Waals surface area contributed by atoms with E-state index >= 15 is 0 Å². The number of hydrogen-bond acceptors (Lipinski definition) is 3. The summed E-state index contributed by atoms with van der Waals surface area (Å²) in [7, 11) is 0. The van der Waals surface area contributed by atoms with Crippen LogP contribution in [-0.2, 0) is 4.79 Å². The van der Waals surface area contributed by atoms with Crippen LogP contribution in [0.1, 0.15) is 13.3 Å². The third kappa shape index (κ3) is 2.88. The van der Waals surface area contributed by atoms with Crippen LogP contribution in [0.15, 0.2) is 0 Å². The molecule has 0 radical (unpaired) electrons. The Bertz CT molecular complexity index is 165. The third-order valence-corrected chi connectivity index (χ3v) is 3.46. The summed E-state index contributed by atoms with van der Waals surface area (Å²) >= 11 is 1.66. The Morgan fingerprint density at radius 3 is 2.62 bits per heavy atom. The molecule has 1 aliphatic rings. The standard InChI is InChI=1S/C9H18N2OS/c1-3-8(13-2)9(12)11-6-4-10-5-7-11/h8,10H,3-7H2,1-2H3. The fourth-order valence-electron chi connectivity index (χ4n) is 1.53. The lowest BCUT2D eigenvalue weighted by molar-refractivity contribution is -0.131. The van der Waals surface area contributed by atoms with Crippen molar-refractivity contribution in [3.8, 4) is 0 Å². The molecule has 1 saturated heterocycles. The summed E-state index contributed by atoms with van der Waals surface area (Å²) in [5.41, 5.74) is 0. The molecule has 4 heteroatoms. The number of nitrogens with zero attached hydrogens (tertiary/aromatic N) is 1. The number of rotatable bonds is 3. The first-order chi connectivity index (χ1) is 6.29. The average Bonchev–Trinajstić information content (AvgIpc) is 2.21. The fourth-order valence-corrected chi connectivity index (χ4v) is 2.21. The lowest BCUT2D eigenvalue weighted by Crippen LogP contribution is -2.49. The highest BCUT2D eigenvalue weighted by Crippen LogP contribution is 2.14. The maximum atomic E-state index is 11.8. The average molecular weight is 202 g/mol. The molecule has 0 aliphatic carbocycles. The van der Waals surface area contributed by atoms with E-state index in [2.05, 4.69) is 12.2 Å². The summed E-state index contributed by atoms with van der Waals surface area (Å²) in [5, 5.41) is 3.41. The van der Waals surface area contributed by atoms with Crippen molar-refractivity contribution in [2.45, 2.75) is 18.6 Å². The van der Waals surface area contributed by atoms with Crippen molar-refractivity contribution in [2.24, 2.45) is 0 Å². The Kier molecular flexibility index (Phi) is 4.59. The Hall–Kier alpha value is -0.220. The van der Waals surface area contributed by atoms with Gasteiger partial charge in [0.1, 0.15) is 0 Å². The second-order valence-corrected chi connectivity index (χ2v) is 4.25. The molecule has 0 saturated carbocycles. The van der Waals surface area contributed by atoms with Gasteiger partial charge in [0, 0.05) is 26.2 Å². The molecule has 1 fully saturated rings. The van der Waals surface area contributed by atoms with Gasteiger partial charge in [-0.15, -0.1) is 0 Å². The molecule has 13 heavy (non-hydrogen) atoms. The quantitative estimate of drug-likeness (QED) is 0.726. The van der Waals surface area contributed by atoms with Gasteiger partial charge in [-0.1, -0.05) is 6.92 Å². The summed E-state index contributed by atoms with van der Waals surface area (Å²) in [4.78, 5) is 13.8. The van der Waals surface area contributed by atoms with Crippen LogP contribution in [0, 0.1) is 0 Å². The first kappa shape index (κ1) is 10.9. The van der Waals surface area contributed by atoms with Crippen molar-refractivity contribution in [1.82, 2.24) is 10.2 Å². The highest BCUT2D eigenvalue weighted by Gasteiger charge is 2.22. The van der Waals surface area contributed by atoms with Crippen LogP contribution in [0.25, 0.3) is 0 Å². The molecule has 0 aromatic heterocycles. The second-order valence-electron chi connectivity index (χ2n) is 3.21. The maximum Gasteiger partial charge on any atom is 0.235 e. The first-order valence-corrected chi connectivity index (χ1v) is 6.10. The smallest absolute Gasteiger partial charge is 0.235 e. The van der Waals surface area contributed by atoms with Crippen molar-refractivity contribution in [1.29, 1.82) is 0 Å². The van der Waals surface area contributed by atoms with Crippen molar-refractivity contribution < 1.29 is 4.79 Å². The van der Waals surface area contributed by atoms with Crippen molar-refractivity contribution >= 4 is 17.7 Å². The van der Waals surface area contributed by atoms with Gasteiger partial charge in [-0.3, -0.25) is 4.79 Å². The highest BCUT2D eigenvalue weighted by molar-refractivity contribution is 7.99.